The lowest BCUT2D eigenvalue weighted by molar-refractivity contribution is 0.417. The molecular weight excluding hydrogens is 280 g/mol. The van der Waals surface area contributed by atoms with Crippen LogP contribution < -0.4 is 10.1 Å². The highest BCUT2D eigenvalue weighted by molar-refractivity contribution is 9.10. The van der Waals surface area contributed by atoms with Crippen LogP contribution in [0.3, 0.4) is 0 Å². The number of benzene rings is 1. The minimum absolute atomic E-state index is 0.847. The average Bonchev–Trinajstić information content (AvgIpc) is 2.58. The van der Waals surface area contributed by atoms with Crippen molar-refractivity contribution in [3.63, 3.8) is 0 Å². The number of hydrogen-bond acceptors (Lipinski definition) is 3. The predicted octanol–water partition coefficient (Wildman–Crippen LogP) is 3.84. The Morgan fingerprint density at radius 2 is 2.18 bits per heavy atom. The molecule has 2 rings (SSSR count). The van der Waals surface area contributed by atoms with Crippen LogP contribution in [-0.4, -0.2) is 19.5 Å². The van der Waals surface area contributed by atoms with E-state index in [0.717, 1.165) is 34.7 Å². The molecule has 0 radical (unpaired) electrons. The van der Waals surface area contributed by atoms with Gasteiger partial charge in [-0.15, -0.1) is 0 Å². The van der Waals surface area contributed by atoms with Gasteiger partial charge in [-0.2, -0.15) is 0 Å². The first-order valence-corrected chi connectivity index (χ1v) is 6.73. The maximum atomic E-state index is 5.33. The van der Waals surface area contributed by atoms with E-state index in [1.807, 2.05) is 18.2 Å². The van der Waals surface area contributed by atoms with Crippen molar-refractivity contribution in [3.8, 4) is 5.75 Å². The van der Waals surface area contributed by atoms with Crippen molar-refractivity contribution in [1.29, 1.82) is 0 Å². The minimum atomic E-state index is 0.847. The lowest BCUT2D eigenvalue weighted by atomic mass is 10.2. The number of hydrogen-bond donors (Lipinski definition) is 1. The molecule has 1 N–H and O–H groups in total. The molecule has 0 spiro atoms. The zero-order chi connectivity index (χ0) is 12.1. The van der Waals surface area contributed by atoms with Gasteiger partial charge in [-0.3, -0.25) is 4.99 Å². The fourth-order valence-electron chi connectivity index (χ4n) is 1.91. The highest BCUT2D eigenvalue weighted by Gasteiger charge is 2.08. The molecule has 0 fully saturated rings. The Morgan fingerprint density at radius 1 is 1.29 bits per heavy atom. The Labute approximate surface area is 110 Å². The normalized spacial score (nSPS) is 16.0. The van der Waals surface area contributed by atoms with E-state index in [0.29, 0.717) is 0 Å². The lowest BCUT2D eigenvalue weighted by Gasteiger charge is -2.12. The molecule has 1 aromatic rings. The first kappa shape index (κ1) is 12.4. The molecule has 0 aromatic heterocycles. The Balaban J connectivity index is 2.16. The molecule has 1 aliphatic rings. The largest absolute Gasteiger partial charge is 0.495 e. The number of anilines is 1. The molecule has 0 amide bonds. The lowest BCUT2D eigenvalue weighted by Crippen LogP contribution is -2.12. The van der Waals surface area contributed by atoms with Crippen molar-refractivity contribution in [1.82, 2.24) is 0 Å². The fourth-order valence-corrected chi connectivity index (χ4v) is 2.27. The topological polar surface area (TPSA) is 33.6 Å². The monoisotopic (exact) mass is 296 g/mol. The molecule has 0 bridgehead atoms. The second kappa shape index (κ2) is 6.05. The number of methoxy groups -OCH3 is 1. The highest BCUT2D eigenvalue weighted by Crippen LogP contribution is 2.28. The summed E-state index contributed by atoms with van der Waals surface area (Å²) in [6.45, 7) is 0.929. The summed E-state index contributed by atoms with van der Waals surface area (Å²) in [5.41, 5.74) is 0.975. The molecule has 0 atom stereocenters. The van der Waals surface area contributed by atoms with Gasteiger partial charge in [0.15, 0.2) is 0 Å². The zero-order valence-corrected chi connectivity index (χ0v) is 11.6. The van der Waals surface area contributed by atoms with Gasteiger partial charge in [0, 0.05) is 17.4 Å². The van der Waals surface area contributed by atoms with Crippen molar-refractivity contribution in [2.75, 3.05) is 19.0 Å². The molecule has 92 valence electrons. The van der Waals surface area contributed by atoms with Crippen molar-refractivity contribution in [3.05, 3.63) is 22.7 Å². The maximum absolute atomic E-state index is 5.33. The predicted molar refractivity (Wildman–Crippen MR) is 75.1 cm³/mol. The second-order valence-corrected chi connectivity index (χ2v) is 5.02. The van der Waals surface area contributed by atoms with Crippen molar-refractivity contribution < 1.29 is 4.74 Å². The number of nitrogens with one attached hydrogen (secondary N) is 1. The van der Waals surface area contributed by atoms with E-state index < -0.39 is 0 Å². The quantitative estimate of drug-likeness (QED) is 0.899. The molecular formula is C13H17BrN2O. The molecule has 0 unspecified atom stereocenters. The third kappa shape index (κ3) is 3.46. The number of nitrogens with zero attached hydrogens (tertiary/aromatic N) is 1. The van der Waals surface area contributed by atoms with E-state index in [1.165, 1.54) is 19.3 Å². The Morgan fingerprint density at radius 3 is 3.00 bits per heavy atom. The van der Waals surface area contributed by atoms with Crippen LogP contribution in [0.4, 0.5) is 5.69 Å². The fraction of sp³-hybridized carbons (Fsp3) is 0.462. The summed E-state index contributed by atoms with van der Waals surface area (Å²) in [5, 5.41) is 3.38. The number of halogens is 1. The van der Waals surface area contributed by atoms with Crippen molar-refractivity contribution in [2.45, 2.75) is 25.7 Å². The van der Waals surface area contributed by atoms with Gasteiger partial charge < -0.3 is 10.1 Å². The third-order valence-electron chi connectivity index (χ3n) is 2.81. The highest BCUT2D eigenvalue weighted by atomic mass is 79.9. The summed E-state index contributed by atoms with van der Waals surface area (Å²) in [7, 11) is 1.68. The van der Waals surface area contributed by atoms with Crippen LogP contribution in [0, 0.1) is 0 Å². The zero-order valence-electron chi connectivity index (χ0n) is 10.0. The van der Waals surface area contributed by atoms with E-state index in [4.69, 9.17) is 4.74 Å². The van der Waals surface area contributed by atoms with Crippen LogP contribution in [0.1, 0.15) is 25.7 Å². The minimum Gasteiger partial charge on any atom is -0.495 e. The standard InChI is InChI=1S/C13H17BrN2O/c1-17-12-7-6-10(14)9-11(12)16-13-5-3-2-4-8-15-13/h6-7,9H,2-5,8H2,1H3,(H,15,16). The summed E-state index contributed by atoms with van der Waals surface area (Å²) in [4.78, 5) is 4.56. The number of aliphatic imine (C=N–C) groups is 1. The first-order valence-electron chi connectivity index (χ1n) is 5.93. The van der Waals surface area contributed by atoms with Crippen LogP contribution in [0.25, 0.3) is 0 Å². The molecule has 0 saturated carbocycles. The van der Waals surface area contributed by atoms with Crippen LogP contribution >= 0.6 is 15.9 Å². The molecule has 4 heteroatoms. The van der Waals surface area contributed by atoms with Gasteiger partial charge in [0.25, 0.3) is 0 Å². The summed E-state index contributed by atoms with van der Waals surface area (Å²) >= 11 is 3.47. The van der Waals surface area contributed by atoms with Crippen LogP contribution in [0.2, 0.25) is 0 Å². The van der Waals surface area contributed by atoms with Crippen LogP contribution in [0.5, 0.6) is 5.75 Å². The summed E-state index contributed by atoms with van der Waals surface area (Å²) in [6, 6.07) is 5.94. The molecule has 1 aliphatic heterocycles. The van der Waals surface area contributed by atoms with E-state index in [-0.39, 0.29) is 0 Å². The van der Waals surface area contributed by atoms with Gasteiger partial charge in [-0.25, -0.2) is 0 Å². The molecule has 3 nitrogen and oxygen atoms in total. The molecule has 17 heavy (non-hydrogen) atoms. The SMILES string of the molecule is COc1ccc(Br)cc1NC1=NCCCCC1. The number of rotatable bonds is 2. The van der Waals surface area contributed by atoms with Crippen molar-refractivity contribution in [2.24, 2.45) is 4.99 Å². The third-order valence-corrected chi connectivity index (χ3v) is 3.31. The van der Waals surface area contributed by atoms with E-state index >= 15 is 0 Å². The molecule has 1 heterocycles. The van der Waals surface area contributed by atoms with E-state index in [1.54, 1.807) is 7.11 Å². The van der Waals surface area contributed by atoms with E-state index in [9.17, 15) is 0 Å². The smallest absolute Gasteiger partial charge is 0.142 e. The number of amidine groups is 1. The van der Waals surface area contributed by atoms with Gasteiger partial charge in [0.1, 0.15) is 11.6 Å². The van der Waals surface area contributed by atoms with Crippen molar-refractivity contribution >= 4 is 27.5 Å². The molecule has 0 saturated heterocycles. The maximum Gasteiger partial charge on any atom is 0.142 e. The second-order valence-electron chi connectivity index (χ2n) is 4.11. The first-order chi connectivity index (χ1) is 8.29. The average molecular weight is 297 g/mol. The molecule has 1 aromatic carbocycles. The summed E-state index contributed by atoms with van der Waals surface area (Å²) in [5.74, 6) is 1.92. The van der Waals surface area contributed by atoms with Gasteiger partial charge in [0.05, 0.1) is 12.8 Å². The summed E-state index contributed by atoms with van der Waals surface area (Å²) in [6.07, 6.45) is 4.70. The van der Waals surface area contributed by atoms with E-state index in [2.05, 4.69) is 26.2 Å². The molecule has 0 aliphatic carbocycles. The Bertz CT molecular complexity index is 418. The Kier molecular flexibility index (Phi) is 4.42. The van der Waals surface area contributed by atoms with Gasteiger partial charge in [-0.05, 0) is 31.0 Å². The van der Waals surface area contributed by atoms with Gasteiger partial charge in [0.2, 0.25) is 0 Å². The van der Waals surface area contributed by atoms with Crippen LogP contribution in [0.15, 0.2) is 27.7 Å². The summed E-state index contributed by atoms with van der Waals surface area (Å²) < 4.78 is 6.37. The van der Waals surface area contributed by atoms with Gasteiger partial charge in [-0.1, -0.05) is 22.4 Å². The number of ether oxygens (including phenoxy) is 1. The van der Waals surface area contributed by atoms with Crippen LogP contribution in [-0.2, 0) is 0 Å². The van der Waals surface area contributed by atoms with Gasteiger partial charge >= 0.3 is 0 Å². The Hall–Kier alpha value is -1.03.